The van der Waals surface area contributed by atoms with Gasteiger partial charge in [-0.1, -0.05) is 0 Å². The topological polar surface area (TPSA) is 50.2 Å². The van der Waals surface area contributed by atoms with Crippen molar-refractivity contribution in [2.45, 2.75) is 57.7 Å². The third kappa shape index (κ3) is 3.03. The number of aromatic nitrogens is 2. The lowest BCUT2D eigenvalue weighted by molar-refractivity contribution is 0.350. The third-order valence-corrected chi connectivity index (χ3v) is 4.39. The molecule has 0 radical (unpaired) electrons. The predicted octanol–water partition coefficient (Wildman–Crippen LogP) is 1.79. The van der Waals surface area contributed by atoms with Crippen LogP contribution in [0.25, 0.3) is 0 Å². The minimum atomic E-state index is 0.0146. The van der Waals surface area contributed by atoms with Gasteiger partial charge in [-0.15, -0.1) is 0 Å². The second kappa shape index (κ2) is 6.39. The highest BCUT2D eigenvalue weighted by atomic mass is 16.1. The van der Waals surface area contributed by atoms with E-state index in [9.17, 15) is 4.79 Å². The Labute approximate surface area is 121 Å². The van der Waals surface area contributed by atoms with E-state index in [1.807, 2.05) is 27.9 Å². The SMILES string of the molecule is CNC1CCC(N(C)c2nccn(C(C)C)c2=O)CC1. The van der Waals surface area contributed by atoms with Crippen molar-refractivity contribution in [3.05, 3.63) is 22.7 Å². The Hall–Kier alpha value is -1.36. The van der Waals surface area contributed by atoms with Gasteiger partial charge in [-0.2, -0.15) is 0 Å². The molecule has 0 spiro atoms. The number of anilines is 1. The molecular weight excluding hydrogens is 252 g/mol. The first-order valence-corrected chi connectivity index (χ1v) is 7.51. The Bertz CT molecular complexity index is 489. The summed E-state index contributed by atoms with van der Waals surface area (Å²) in [6.45, 7) is 4.03. The lowest BCUT2D eigenvalue weighted by Gasteiger charge is -2.35. The molecule has 1 heterocycles. The summed E-state index contributed by atoms with van der Waals surface area (Å²) in [5.41, 5.74) is 0.0146. The second-order valence-electron chi connectivity index (χ2n) is 5.96. The van der Waals surface area contributed by atoms with E-state index in [1.165, 1.54) is 0 Å². The highest BCUT2D eigenvalue weighted by Gasteiger charge is 2.25. The molecule has 1 aromatic rings. The molecule has 1 N–H and O–H groups in total. The molecule has 2 rings (SSSR count). The molecule has 1 saturated carbocycles. The zero-order valence-electron chi connectivity index (χ0n) is 13.0. The summed E-state index contributed by atoms with van der Waals surface area (Å²) < 4.78 is 1.75. The van der Waals surface area contributed by atoms with E-state index in [-0.39, 0.29) is 11.6 Å². The van der Waals surface area contributed by atoms with Crippen LogP contribution in [0.3, 0.4) is 0 Å². The van der Waals surface area contributed by atoms with Crippen LogP contribution in [-0.2, 0) is 0 Å². The van der Waals surface area contributed by atoms with Crippen molar-refractivity contribution in [1.29, 1.82) is 0 Å². The van der Waals surface area contributed by atoms with Crippen LogP contribution < -0.4 is 15.8 Å². The fraction of sp³-hybridized carbons (Fsp3) is 0.733. The lowest BCUT2D eigenvalue weighted by atomic mass is 9.90. The molecule has 112 valence electrons. The number of hydrogen-bond donors (Lipinski definition) is 1. The molecule has 0 saturated heterocycles. The predicted molar refractivity (Wildman–Crippen MR) is 82.4 cm³/mol. The van der Waals surface area contributed by atoms with Crippen molar-refractivity contribution in [1.82, 2.24) is 14.9 Å². The summed E-state index contributed by atoms with van der Waals surface area (Å²) in [5.74, 6) is 0.578. The van der Waals surface area contributed by atoms with Crippen LogP contribution in [0, 0.1) is 0 Å². The van der Waals surface area contributed by atoms with Crippen molar-refractivity contribution < 1.29 is 0 Å². The van der Waals surface area contributed by atoms with Crippen molar-refractivity contribution in [2.24, 2.45) is 0 Å². The molecule has 0 aromatic carbocycles. The van der Waals surface area contributed by atoms with Gasteiger partial charge in [-0.25, -0.2) is 4.98 Å². The summed E-state index contributed by atoms with van der Waals surface area (Å²) in [7, 11) is 4.02. The van der Waals surface area contributed by atoms with Crippen LogP contribution in [0.2, 0.25) is 0 Å². The maximum atomic E-state index is 12.5. The smallest absolute Gasteiger partial charge is 0.293 e. The Morgan fingerprint density at radius 3 is 2.55 bits per heavy atom. The maximum absolute atomic E-state index is 12.5. The first-order chi connectivity index (χ1) is 9.54. The molecular formula is C15H26N4O. The van der Waals surface area contributed by atoms with Gasteiger partial charge in [0.05, 0.1) is 0 Å². The standard InChI is InChI=1S/C15H26N4O/c1-11(2)19-10-9-17-14(15(19)20)18(4)13-7-5-12(16-3)6-8-13/h9-13,16H,5-8H2,1-4H3. The van der Waals surface area contributed by atoms with E-state index in [0.717, 1.165) is 25.7 Å². The molecule has 5 heteroatoms. The summed E-state index contributed by atoms with van der Waals surface area (Å²) in [5, 5.41) is 3.34. The highest BCUT2D eigenvalue weighted by molar-refractivity contribution is 5.36. The molecule has 1 aromatic heterocycles. The van der Waals surface area contributed by atoms with Crippen molar-refractivity contribution >= 4 is 5.82 Å². The third-order valence-electron chi connectivity index (χ3n) is 4.39. The van der Waals surface area contributed by atoms with Gasteiger partial charge in [-0.05, 0) is 46.6 Å². The monoisotopic (exact) mass is 278 g/mol. The number of nitrogens with zero attached hydrogens (tertiary/aromatic N) is 3. The zero-order chi connectivity index (χ0) is 14.7. The van der Waals surface area contributed by atoms with Gasteiger partial charge in [0.25, 0.3) is 5.56 Å². The van der Waals surface area contributed by atoms with Crippen LogP contribution >= 0.6 is 0 Å². The fourth-order valence-electron chi connectivity index (χ4n) is 2.99. The summed E-state index contributed by atoms with van der Waals surface area (Å²) >= 11 is 0. The Kier molecular flexibility index (Phi) is 4.81. The van der Waals surface area contributed by atoms with Gasteiger partial charge in [-0.3, -0.25) is 4.79 Å². The number of hydrogen-bond acceptors (Lipinski definition) is 4. The van der Waals surface area contributed by atoms with E-state index in [1.54, 1.807) is 17.0 Å². The molecule has 0 atom stereocenters. The van der Waals surface area contributed by atoms with Crippen molar-refractivity contribution in [3.8, 4) is 0 Å². The van der Waals surface area contributed by atoms with Crippen LogP contribution in [0.5, 0.6) is 0 Å². The average Bonchev–Trinajstić information content (AvgIpc) is 2.46. The van der Waals surface area contributed by atoms with Gasteiger partial charge in [0.15, 0.2) is 5.82 Å². The quantitative estimate of drug-likeness (QED) is 0.912. The summed E-state index contributed by atoms with van der Waals surface area (Å²) in [6, 6.07) is 1.20. The van der Waals surface area contributed by atoms with Crippen molar-refractivity contribution in [2.75, 3.05) is 19.0 Å². The Morgan fingerprint density at radius 2 is 2.00 bits per heavy atom. The minimum Gasteiger partial charge on any atom is -0.352 e. The average molecular weight is 278 g/mol. The normalized spacial score (nSPS) is 23.1. The Morgan fingerprint density at radius 1 is 1.35 bits per heavy atom. The number of rotatable bonds is 4. The molecule has 1 aliphatic rings. The highest BCUT2D eigenvalue weighted by Crippen LogP contribution is 2.24. The molecule has 1 fully saturated rings. The molecule has 0 unspecified atom stereocenters. The lowest BCUT2D eigenvalue weighted by Crippen LogP contribution is -2.42. The van der Waals surface area contributed by atoms with Crippen LogP contribution in [-0.4, -0.2) is 35.7 Å². The molecule has 5 nitrogen and oxygen atoms in total. The van der Waals surface area contributed by atoms with Gasteiger partial charge in [0.2, 0.25) is 0 Å². The molecule has 0 aliphatic heterocycles. The fourth-order valence-corrected chi connectivity index (χ4v) is 2.99. The van der Waals surface area contributed by atoms with Gasteiger partial charge < -0.3 is 14.8 Å². The molecule has 0 bridgehead atoms. The van der Waals surface area contributed by atoms with E-state index in [4.69, 9.17) is 0 Å². The van der Waals surface area contributed by atoms with Crippen LogP contribution in [0.4, 0.5) is 5.82 Å². The second-order valence-corrected chi connectivity index (χ2v) is 5.96. The van der Waals surface area contributed by atoms with Gasteiger partial charge in [0, 0.05) is 37.6 Å². The van der Waals surface area contributed by atoms with Gasteiger partial charge >= 0.3 is 0 Å². The molecule has 20 heavy (non-hydrogen) atoms. The molecule has 1 aliphatic carbocycles. The number of nitrogens with one attached hydrogen (secondary N) is 1. The minimum absolute atomic E-state index is 0.0146. The van der Waals surface area contributed by atoms with Crippen molar-refractivity contribution in [3.63, 3.8) is 0 Å². The molecule has 0 amide bonds. The van der Waals surface area contributed by atoms with E-state index in [2.05, 4.69) is 15.2 Å². The first kappa shape index (κ1) is 15.0. The van der Waals surface area contributed by atoms with E-state index in [0.29, 0.717) is 17.9 Å². The van der Waals surface area contributed by atoms with E-state index < -0.39 is 0 Å². The largest absolute Gasteiger partial charge is 0.352 e. The van der Waals surface area contributed by atoms with Gasteiger partial charge in [0.1, 0.15) is 0 Å². The van der Waals surface area contributed by atoms with E-state index >= 15 is 0 Å². The Balaban J connectivity index is 2.16. The van der Waals surface area contributed by atoms with Crippen LogP contribution in [0.1, 0.15) is 45.6 Å². The maximum Gasteiger partial charge on any atom is 0.293 e. The summed E-state index contributed by atoms with van der Waals surface area (Å²) in [6.07, 6.45) is 8.04. The summed E-state index contributed by atoms with van der Waals surface area (Å²) in [4.78, 5) is 18.9. The first-order valence-electron chi connectivity index (χ1n) is 7.51. The van der Waals surface area contributed by atoms with Crippen LogP contribution in [0.15, 0.2) is 17.2 Å². The zero-order valence-corrected chi connectivity index (χ0v) is 13.0.